The Morgan fingerprint density at radius 3 is 2.65 bits per heavy atom. The standard InChI is InChI=1S/C30H30FN7O3S2/c1-30(2,3)41-29(39)37-26-18(11-32)20-16(7-8-19(31)24(20)43-26)22-23-17(9-10-33-22)21-25(35-28(40-4)36-27(21)42-23)38-12-14-5-6-15(13-38)34-14/h7-10,14-15,28,34,36H,5-6,12-13H2,1-4H3,(H,37,39). The van der Waals surface area contributed by atoms with Crippen LogP contribution in [-0.4, -0.2) is 66.0 Å². The van der Waals surface area contributed by atoms with Crippen LogP contribution >= 0.6 is 22.7 Å². The van der Waals surface area contributed by atoms with E-state index in [1.54, 1.807) is 40.1 Å². The van der Waals surface area contributed by atoms with Crippen molar-refractivity contribution in [3.05, 3.63) is 41.3 Å². The molecule has 4 aromatic rings. The van der Waals surface area contributed by atoms with Gasteiger partial charge in [-0.05, 0) is 51.8 Å². The highest BCUT2D eigenvalue weighted by Gasteiger charge is 2.37. The average molecular weight is 620 g/mol. The first-order valence-corrected chi connectivity index (χ1v) is 15.7. The van der Waals surface area contributed by atoms with Gasteiger partial charge in [-0.2, -0.15) is 5.26 Å². The number of aliphatic imine (C=N–C) groups is 1. The van der Waals surface area contributed by atoms with Crippen molar-refractivity contribution in [1.82, 2.24) is 15.2 Å². The van der Waals surface area contributed by atoms with E-state index in [-0.39, 0.29) is 15.3 Å². The molecule has 6 heterocycles. The van der Waals surface area contributed by atoms with Crippen LogP contribution in [0.15, 0.2) is 29.4 Å². The lowest BCUT2D eigenvalue weighted by Gasteiger charge is -2.37. The van der Waals surface area contributed by atoms with Gasteiger partial charge in [0.15, 0.2) is 0 Å². The molecule has 3 aromatic heterocycles. The number of nitriles is 1. The smallest absolute Gasteiger partial charge is 0.412 e. The van der Waals surface area contributed by atoms with Crippen LogP contribution < -0.4 is 16.0 Å². The number of likely N-dealkylation sites (tertiary alicyclic amines) is 1. The van der Waals surface area contributed by atoms with Gasteiger partial charge in [0.05, 0.1) is 26.2 Å². The summed E-state index contributed by atoms with van der Waals surface area (Å²) in [6, 6.07) is 8.06. The van der Waals surface area contributed by atoms with E-state index in [1.165, 1.54) is 17.4 Å². The number of carbonyl (C=O) groups excluding carboxylic acids is 1. The van der Waals surface area contributed by atoms with Crippen molar-refractivity contribution in [3.63, 3.8) is 0 Å². The minimum atomic E-state index is -0.732. The largest absolute Gasteiger partial charge is 0.444 e. The van der Waals surface area contributed by atoms with E-state index in [0.29, 0.717) is 28.7 Å². The van der Waals surface area contributed by atoms with E-state index in [0.717, 1.165) is 63.8 Å². The highest BCUT2D eigenvalue weighted by molar-refractivity contribution is 7.24. The zero-order chi connectivity index (χ0) is 30.0. The molecule has 0 aliphatic carbocycles. The minimum absolute atomic E-state index is 0.164. The van der Waals surface area contributed by atoms with E-state index in [2.05, 4.69) is 26.9 Å². The van der Waals surface area contributed by atoms with Crippen molar-refractivity contribution < 1.29 is 18.7 Å². The summed E-state index contributed by atoms with van der Waals surface area (Å²) in [7, 11) is 1.63. The van der Waals surface area contributed by atoms with E-state index < -0.39 is 23.9 Å². The molecule has 1 amide bonds. The summed E-state index contributed by atoms with van der Waals surface area (Å²) in [4.78, 5) is 24.6. The fraction of sp³-hybridized carbons (Fsp3) is 0.400. The number of fused-ring (bicyclic) bond motifs is 6. The van der Waals surface area contributed by atoms with Crippen molar-refractivity contribution in [3.8, 4) is 17.3 Å². The zero-order valence-electron chi connectivity index (χ0n) is 24.1. The van der Waals surface area contributed by atoms with Gasteiger partial charge in [0, 0.05) is 54.8 Å². The molecular weight excluding hydrogens is 590 g/mol. The first kappa shape index (κ1) is 28.0. The fourth-order valence-electron chi connectivity index (χ4n) is 6.14. The van der Waals surface area contributed by atoms with Crippen molar-refractivity contribution in [2.24, 2.45) is 4.99 Å². The Morgan fingerprint density at radius 1 is 1.19 bits per heavy atom. The van der Waals surface area contributed by atoms with Crippen LogP contribution in [0.5, 0.6) is 0 Å². The van der Waals surface area contributed by atoms with E-state index in [9.17, 15) is 10.1 Å². The third-order valence-corrected chi connectivity index (χ3v) is 10.1. The van der Waals surface area contributed by atoms with Crippen molar-refractivity contribution in [1.29, 1.82) is 5.26 Å². The minimum Gasteiger partial charge on any atom is -0.444 e. The van der Waals surface area contributed by atoms with Crippen LogP contribution in [0.2, 0.25) is 0 Å². The molecule has 2 saturated heterocycles. The lowest BCUT2D eigenvalue weighted by molar-refractivity contribution is 0.0636. The molecule has 0 saturated carbocycles. The Bertz CT molecular complexity index is 1840. The predicted molar refractivity (Wildman–Crippen MR) is 167 cm³/mol. The number of methoxy groups -OCH3 is 1. The number of aromatic nitrogens is 1. The molecule has 3 aliphatic rings. The van der Waals surface area contributed by atoms with Crippen molar-refractivity contribution in [2.75, 3.05) is 30.8 Å². The number of thiophene rings is 2. The van der Waals surface area contributed by atoms with Gasteiger partial charge < -0.3 is 25.0 Å². The molecule has 7 rings (SSSR count). The van der Waals surface area contributed by atoms with Crippen LogP contribution in [0, 0.1) is 17.1 Å². The van der Waals surface area contributed by atoms with Crippen molar-refractivity contribution >= 4 is 64.8 Å². The number of piperazine rings is 1. The molecule has 222 valence electrons. The predicted octanol–water partition coefficient (Wildman–Crippen LogP) is 6.07. The molecule has 1 aromatic carbocycles. The van der Waals surface area contributed by atoms with Gasteiger partial charge in [-0.25, -0.2) is 14.2 Å². The SMILES string of the molecule is COC1N=C(N2CC3CCC(C2)N3)c2c(sc3c(-c4ccc(F)c5sc(NC(=O)OC(C)(C)C)c(C#N)c45)nccc23)N1. The number of nitrogens with one attached hydrogen (secondary N) is 3. The Morgan fingerprint density at radius 2 is 1.95 bits per heavy atom. The maximum Gasteiger partial charge on any atom is 0.412 e. The molecule has 3 N–H and O–H groups in total. The topological polar surface area (TPSA) is 124 Å². The van der Waals surface area contributed by atoms with Gasteiger partial charge in [-0.15, -0.1) is 22.7 Å². The van der Waals surface area contributed by atoms with Gasteiger partial charge >= 0.3 is 6.09 Å². The molecule has 13 heteroatoms. The summed E-state index contributed by atoms with van der Waals surface area (Å²) < 4.78 is 27.4. The van der Waals surface area contributed by atoms with Crippen LogP contribution in [0.1, 0.15) is 44.7 Å². The third kappa shape index (κ3) is 4.88. The number of halogens is 1. The van der Waals surface area contributed by atoms with Crippen LogP contribution in [0.4, 0.5) is 19.2 Å². The molecule has 10 nitrogen and oxygen atoms in total. The second kappa shape index (κ2) is 10.4. The van der Waals surface area contributed by atoms with Gasteiger partial charge in [0.2, 0.25) is 6.35 Å². The summed E-state index contributed by atoms with van der Waals surface area (Å²) in [6.45, 7) is 6.99. The number of benzene rings is 1. The Balaban J connectivity index is 1.37. The first-order chi connectivity index (χ1) is 20.6. The molecule has 2 fully saturated rings. The Hall–Kier alpha value is -3.83. The molecule has 43 heavy (non-hydrogen) atoms. The second-order valence-corrected chi connectivity index (χ2v) is 14.0. The number of ether oxygens (including phenoxy) is 2. The van der Waals surface area contributed by atoms with Crippen LogP contribution in [0.3, 0.4) is 0 Å². The maximum absolute atomic E-state index is 15.2. The monoisotopic (exact) mass is 619 g/mol. The van der Waals surface area contributed by atoms with E-state index in [1.807, 2.05) is 6.07 Å². The number of nitrogens with zero attached hydrogens (tertiary/aromatic N) is 4. The van der Waals surface area contributed by atoms with Gasteiger partial charge in [0.1, 0.15) is 33.3 Å². The number of hydrogen-bond donors (Lipinski definition) is 3. The lowest BCUT2D eigenvalue weighted by atomic mass is 10.0. The van der Waals surface area contributed by atoms with Gasteiger partial charge in [-0.3, -0.25) is 10.3 Å². The fourth-order valence-corrected chi connectivity index (χ4v) is 8.42. The maximum atomic E-state index is 15.2. The quantitative estimate of drug-likeness (QED) is 0.252. The number of amidine groups is 1. The number of pyridine rings is 1. The first-order valence-electron chi connectivity index (χ1n) is 14.1. The average Bonchev–Trinajstić information content (AvgIpc) is 3.63. The number of hydrogen-bond acceptors (Lipinski definition) is 11. The third-order valence-electron chi connectivity index (χ3n) is 7.83. The highest BCUT2D eigenvalue weighted by atomic mass is 32.1. The Labute approximate surface area is 255 Å². The molecule has 0 spiro atoms. The molecule has 3 aliphatic heterocycles. The zero-order valence-corrected chi connectivity index (χ0v) is 25.7. The van der Waals surface area contributed by atoms with Crippen molar-refractivity contribution in [2.45, 2.75) is 57.6 Å². The number of anilines is 2. The highest BCUT2D eigenvalue weighted by Crippen LogP contribution is 2.47. The van der Waals surface area contributed by atoms with Gasteiger partial charge in [0.25, 0.3) is 0 Å². The van der Waals surface area contributed by atoms with Crippen LogP contribution in [-0.2, 0) is 9.47 Å². The molecular formula is C30H30FN7O3S2. The van der Waals surface area contributed by atoms with E-state index >= 15 is 4.39 Å². The summed E-state index contributed by atoms with van der Waals surface area (Å²) in [5, 5.41) is 22.5. The lowest BCUT2D eigenvalue weighted by Crippen LogP contribution is -2.54. The summed E-state index contributed by atoms with van der Waals surface area (Å²) >= 11 is 2.54. The summed E-state index contributed by atoms with van der Waals surface area (Å²) in [6.07, 6.45) is 2.80. The molecule has 3 unspecified atom stereocenters. The molecule has 0 radical (unpaired) electrons. The number of carbonyl (C=O) groups is 1. The van der Waals surface area contributed by atoms with E-state index in [4.69, 9.17) is 19.5 Å². The number of rotatable bonds is 3. The van der Waals surface area contributed by atoms with Crippen LogP contribution in [0.25, 0.3) is 31.4 Å². The molecule has 3 atom stereocenters. The normalized spacial score (nSPS) is 21.3. The number of amides is 1. The molecule has 2 bridgehead atoms. The second-order valence-electron chi connectivity index (χ2n) is 11.9. The van der Waals surface area contributed by atoms with Gasteiger partial charge in [-0.1, -0.05) is 0 Å². The Kier molecular flexibility index (Phi) is 6.77. The summed E-state index contributed by atoms with van der Waals surface area (Å²) in [5.74, 6) is 0.409. The summed E-state index contributed by atoms with van der Waals surface area (Å²) in [5.41, 5.74) is 1.65.